The molecule has 1 heterocycles. The van der Waals surface area contributed by atoms with Crippen LogP contribution in [0.15, 0.2) is 43.2 Å². The van der Waals surface area contributed by atoms with Crippen LogP contribution in [0.3, 0.4) is 0 Å². The number of hydrogen-bond donors (Lipinski definition) is 2. The van der Waals surface area contributed by atoms with Crippen LogP contribution in [-0.2, 0) is 17.6 Å². The number of nitrogens with one attached hydrogen (secondary N) is 1. The predicted molar refractivity (Wildman–Crippen MR) is 145 cm³/mol. The molecule has 0 radical (unpaired) electrons. The lowest BCUT2D eigenvalue weighted by Gasteiger charge is -2.18. The van der Waals surface area contributed by atoms with E-state index in [2.05, 4.69) is 35.7 Å². The number of likely N-dealkylation sites (N-methyl/N-ethyl adjacent to an activating group) is 1. The molecule has 39 heavy (non-hydrogen) atoms. The lowest BCUT2D eigenvalue weighted by molar-refractivity contribution is -0.125. The minimum absolute atomic E-state index is 0.0232. The van der Waals surface area contributed by atoms with Crippen LogP contribution in [0.1, 0.15) is 40.9 Å². The maximum atomic E-state index is 15.3. The first-order valence-corrected chi connectivity index (χ1v) is 12.4. The fourth-order valence-corrected chi connectivity index (χ4v) is 4.77. The van der Waals surface area contributed by atoms with Crippen molar-refractivity contribution < 1.29 is 23.1 Å². The Morgan fingerprint density at radius 3 is 2.69 bits per heavy atom. The highest BCUT2D eigenvalue weighted by Gasteiger charge is 2.32. The molecule has 0 bridgehead atoms. The Hall–Kier alpha value is -4.34. The van der Waals surface area contributed by atoms with Gasteiger partial charge in [-0.25, -0.2) is 18.7 Å². The van der Waals surface area contributed by atoms with Crippen LogP contribution in [0.5, 0.6) is 5.75 Å². The molecule has 10 heteroatoms. The van der Waals surface area contributed by atoms with Gasteiger partial charge in [0.05, 0.1) is 12.1 Å². The number of hydrogen-bond acceptors (Lipinski definition) is 6. The Bertz CT molecular complexity index is 1470. The molecule has 8 nitrogen and oxygen atoms in total. The molecule has 3 N–H and O–H groups in total. The number of carbonyl (C=O) groups excluding carboxylic acids is 2. The van der Waals surface area contributed by atoms with Crippen LogP contribution < -0.4 is 15.8 Å². The van der Waals surface area contributed by atoms with E-state index in [0.29, 0.717) is 23.1 Å². The molecule has 0 saturated carbocycles. The normalized spacial score (nSPS) is 13.5. The first kappa shape index (κ1) is 27.7. The summed E-state index contributed by atoms with van der Waals surface area (Å²) in [5.41, 5.74) is 8.43. The van der Waals surface area contributed by atoms with Gasteiger partial charge in [-0.2, -0.15) is 0 Å². The van der Waals surface area contributed by atoms with Crippen molar-refractivity contribution in [2.24, 2.45) is 5.41 Å². The van der Waals surface area contributed by atoms with Crippen molar-refractivity contribution in [3.05, 3.63) is 77.1 Å². The van der Waals surface area contributed by atoms with Crippen LogP contribution in [0.25, 0.3) is 11.3 Å². The maximum Gasteiger partial charge on any atom is 0.258 e. The Balaban J connectivity index is 1.63. The Labute approximate surface area is 225 Å². The number of anilines is 2. The number of rotatable bonds is 8. The molecule has 1 aliphatic carbocycles. The second kappa shape index (κ2) is 10.8. The highest BCUT2D eigenvalue weighted by atomic mass is 19.1. The van der Waals surface area contributed by atoms with Gasteiger partial charge in [0.25, 0.3) is 5.91 Å². The molecule has 1 aliphatic rings. The van der Waals surface area contributed by atoms with E-state index in [1.165, 1.54) is 29.4 Å². The van der Waals surface area contributed by atoms with Crippen molar-refractivity contribution in [2.75, 3.05) is 31.2 Å². The Morgan fingerprint density at radius 1 is 1.23 bits per heavy atom. The van der Waals surface area contributed by atoms with E-state index in [0.717, 1.165) is 18.1 Å². The third kappa shape index (κ3) is 5.74. The molecule has 204 valence electrons. The van der Waals surface area contributed by atoms with Crippen molar-refractivity contribution in [1.29, 1.82) is 0 Å². The predicted octanol–water partition coefficient (Wildman–Crippen LogP) is 4.71. The van der Waals surface area contributed by atoms with Gasteiger partial charge in [0.2, 0.25) is 5.91 Å². The number of ether oxygens (including phenoxy) is 1. The second-order valence-corrected chi connectivity index (χ2v) is 10.4. The highest BCUT2D eigenvalue weighted by Crippen LogP contribution is 2.39. The zero-order valence-corrected chi connectivity index (χ0v) is 22.4. The molecule has 1 aromatic heterocycles. The van der Waals surface area contributed by atoms with E-state index in [1.807, 2.05) is 0 Å². The highest BCUT2D eigenvalue weighted by molar-refractivity contribution is 6.05. The van der Waals surface area contributed by atoms with Gasteiger partial charge in [0.1, 0.15) is 30.3 Å². The Morgan fingerprint density at radius 2 is 1.97 bits per heavy atom. The van der Waals surface area contributed by atoms with Gasteiger partial charge < -0.3 is 20.7 Å². The number of aromatic nitrogens is 2. The molecule has 0 unspecified atom stereocenters. The van der Waals surface area contributed by atoms with Gasteiger partial charge >= 0.3 is 0 Å². The number of carbonyl (C=O) groups is 2. The van der Waals surface area contributed by atoms with E-state index in [-0.39, 0.29) is 53.0 Å². The summed E-state index contributed by atoms with van der Waals surface area (Å²) in [5.74, 6) is -2.04. The summed E-state index contributed by atoms with van der Waals surface area (Å²) >= 11 is 0. The zero-order chi connectivity index (χ0) is 28.5. The summed E-state index contributed by atoms with van der Waals surface area (Å²) in [6, 6.07) is 5.64. The number of benzene rings is 2. The summed E-state index contributed by atoms with van der Waals surface area (Å²) in [6.45, 7) is 9.52. The van der Waals surface area contributed by atoms with Crippen molar-refractivity contribution in [2.45, 2.75) is 33.6 Å². The van der Waals surface area contributed by atoms with Gasteiger partial charge in [0, 0.05) is 18.3 Å². The fourth-order valence-electron chi connectivity index (χ4n) is 4.77. The smallest absolute Gasteiger partial charge is 0.258 e. The van der Waals surface area contributed by atoms with Crippen molar-refractivity contribution in [3.63, 3.8) is 0 Å². The topological polar surface area (TPSA) is 110 Å². The van der Waals surface area contributed by atoms with E-state index in [1.54, 1.807) is 20.0 Å². The van der Waals surface area contributed by atoms with E-state index >= 15 is 4.39 Å². The number of halogens is 2. The molecular formula is C29H31F2N5O3. The average molecular weight is 536 g/mol. The summed E-state index contributed by atoms with van der Waals surface area (Å²) in [7, 11) is 1.59. The molecule has 4 rings (SSSR count). The zero-order valence-electron chi connectivity index (χ0n) is 22.4. The van der Waals surface area contributed by atoms with E-state index < -0.39 is 17.5 Å². The van der Waals surface area contributed by atoms with Gasteiger partial charge in [-0.3, -0.25) is 9.59 Å². The summed E-state index contributed by atoms with van der Waals surface area (Å²) in [6.07, 6.45) is 3.68. The minimum atomic E-state index is -0.687. The first-order chi connectivity index (χ1) is 18.4. The fraction of sp³-hybridized carbons (Fsp3) is 0.310. The average Bonchev–Trinajstić information content (AvgIpc) is 3.21. The maximum absolute atomic E-state index is 15.3. The summed E-state index contributed by atoms with van der Waals surface area (Å²) in [4.78, 5) is 34.5. The largest absolute Gasteiger partial charge is 0.486 e. The third-order valence-corrected chi connectivity index (χ3v) is 6.84. The lowest BCUT2D eigenvalue weighted by atomic mass is 9.90. The quantitative estimate of drug-likeness (QED) is 0.404. The monoisotopic (exact) mass is 535 g/mol. The second-order valence-electron chi connectivity index (χ2n) is 10.4. The van der Waals surface area contributed by atoms with Gasteiger partial charge in [-0.15, -0.1) is 0 Å². The first-order valence-electron chi connectivity index (χ1n) is 12.4. The standard InChI is InChI=1S/C29H31F2N5O3/c1-6-23(37)36(5)9-10-39-26-25(33-15-34-27(26)32)20-11-18(30)12-22(16(20)2)35-28(38)19-8-7-17-13-29(3,4)14-21(17)24(19)31/h6-8,11-12,15H,1,9-10,13-14H2,2-5H3,(H,35,38)(H2,32,33,34). The van der Waals surface area contributed by atoms with Crippen LogP contribution in [0, 0.1) is 24.0 Å². The molecule has 3 aromatic rings. The molecule has 0 atom stereocenters. The molecule has 0 spiro atoms. The molecule has 0 saturated heterocycles. The molecular weight excluding hydrogens is 504 g/mol. The number of nitrogen functional groups attached to an aromatic ring is 1. The van der Waals surface area contributed by atoms with Crippen molar-refractivity contribution >= 4 is 23.3 Å². The van der Waals surface area contributed by atoms with Gasteiger partial charge in [-0.05, 0) is 66.1 Å². The van der Waals surface area contributed by atoms with Crippen LogP contribution in [0.2, 0.25) is 0 Å². The van der Waals surface area contributed by atoms with Crippen LogP contribution >= 0.6 is 0 Å². The third-order valence-electron chi connectivity index (χ3n) is 6.84. The number of nitrogens with two attached hydrogens (primary N) is 1. The number of fused-ring (bicyclic) bond motifs is 1. The van der Waals surface area contributed by atoms with Crippen LogP contribution in [-0.4, -0.2) is 46.9 Å². The van der Waals surface area contributed by atoms with Gasteiger partial charge in [-0.1, -0.05) is 26.5 Å². The van der Waals surface area contributed by atoms with Crippen LogP contribution in [0.4, 0.5) is 20.3 Å². The van der Waals surface area contributed by atoms with Crippen molar-refractivity contribution in [1.82, 2.24) is 14.9 Å². The van der Waals surface area contributed by atoms with Crippen molar-refractivity contribution in [3.8, 4) is 17.0 Å². The SMILES string of the molecule is C=CC(=O)N(C)CCOc1c(N)ncnc1-c1cc(F)cc(NC(=O)c2ccc3c(c2F)CC(C)(C)C3)c1C. The Kier molecular flexibility index (Phi) is 7.67. The molecule has 2 amide bonds. The molecule has 0 aliphatic heterocycles. The number of amides is 2. The van der Waals surface area contributed by atoms with E-state index in [9.17, 15) is 14.0 Å². The molecule has 0 fully saturated rings. The summed E-state index contributed by atoms with van der Waals surface area (Å²) < 4.78 is 36.0. The number of nitrogens with zero attached hydrogens (tertiary/aromatic N) is 3. The lowest BCUT2D eigenvalue weighted by Crippen LogP contribution is -2.29. The summed E-state index contributed by atoms with van der Waals surface area (Å²) in [5, 5.41) is 2.65. The van der Waals surface area contributed by atoms with Gasteiger partial charge in [0.15, 0.2) is 11.6 Å². The molecule has 2 aromatic carbocycles. The van der Waals surface area contributed by atoms with E-state index in [4.69, 9.17) is 10.5 Å². The minimum Gasteiger partial charge on any atom is -0.486 e.